The van der Waals surface area contributed by atoms with Crippen LogP contribution in [0.15, 0.2) is 28.7 Å². The minimum atomic E-state index is 0.824. The van der Waals surface area contributed by atoms with E-state index in [4.69, 9.17) is 0 Å². The van der Waals surface area contributed by atoms with Gasteiger partial charge in [-0.2, -0.15) is 21.4 Å². The van der Waals surface area contributed by atoms with E-state index in [1.165, 1.54) is 0 Å². The minimum Gasteiger partial charge on any atom is -0.186 e. The molecule has 3 aromatic rings. The molecule has 0 radical (unpaired) electrons. The van der Waals surface area contributed by atoms with Crippen molar-refractivity contribution in [1.82, 2.24) is 19.8 Å². The highest BCUT2D eigenvalue weighted by Gasteiger charge is 2.12. The van der Waals surface area contributed by atoms with Gasteiger partial charge in [0.1, 0.15) is 5.01 Å². The summed E-state index contributed by atoms with van der Waals surface area (Å²) >= 11 is 6.70. The lowest BCUT2D eigenvalue weighted by Gasteiger charge is -1.95. The van der Waals surface area contributed by atoms with Crippen LogP contribution < -0.4 is 0 Å². The van der Waals surface area contributed by atoms with Crippen molar-refractivity contribution >= 4 is 44.0 Å². The average molecular weight is 341 g/mol. The van der Waals surface area contributed by atoms with E-state index in [2.05, 4.69) is 31.2 Å². The van der Waals surface area contributed by atoms with Crippen molar-refractivity contribution in [3.05, 3.63) is 34.6 Å². The lowest BCUT2D eigenvalue weighted by molar-refractivity contribution is 0.888. The van der Waals surface area contributed by atoms with E-state index in [0.29, 0.717) is 0 Å². The Kier molecular flexibility index (Phi) is 3.36. The molecule has 1 aromatic carbocycles. The van der Waals surface area contributed by atoms with Crippen LogP contribution in [0.25, 0.3) is 15.5 Å². The molecule has 7 heteroatoms. The molecule has 4 nitrogen and oxygen atoms in total. The highest BCUT2D eigenvalue weighted by atomic mass is 79.9. The Morgan fingerprint density at radius 2 is 2.06 bits per heavy atom. The van der Waals surface area contributed by atoms with E-state index < -0.39 is 0 Å². The summed E-state index contributed by atoms with van der Waals surface area (Å²) in [5, 5.41) is 13.8. The summed E-state index contributed by atoms with van der Waals surface area (Å²) in [6, 6.07) is 8.12. The summed E-state index contributed by atoms with van der Waals surface area (Å²) in [4.78, 5) is 0.844. The van der Waals surface area contributed by atoms with Gasteiger partial charge in [0.15, 0.2) is 5.82 Å². The maximum absolute atomic E-state index is 4.57. The minimum absolute atomic E-state index is 0.824. The van der Waals surface area contributed by atoms with Gasteiger partial charge in [-0.3, -0.25) is 0 Å². The molecule has 0 N–H and O–H groups in total. The Balaban J connectivity index is 2.05. The zero-order valence-corrected chi connectivity index (χ0v) is 12.7. The van der Waals surface area contributed by atoms with Gasteiger partial charge in [-0.1, -0.05) is 39.4 Å². The van der Waals surface area contributed by atoms with Gasteiger partial charge in [-0.05, 0) is 18.4 Å². The van der Waals surface area contributed by atoms with Crippen LogP contribution in [0.3, 0.4) is 0 Å². The normalized spacial score (nSPS) is 11.2. The number of fused-ring (bicyclic) bond motifs is 1. The second-order valence-electron chi connectivity index (χ2n) is 3.66. The fourth-order valence-corrected chi connectivity index (χ4v) is 3.15. The molecule has 0 amide bonds. The summed E-state index contributed by atoms with van der Waals surface area (Å²) in [6.07, 6.45) is 2.04. The molecule has 3 rings (SSSR count). The first-order valence-corrected chi connectivity index (χ1v) is 8.24. The first kappa shape index (κ1) is 12.1. The van der Waals surface area contributed by atoms with Crippen LogP contribution in [0.2, 0.25) is 0 Å². The van der Waals surface area contributed by atoms with Crippen LogP contribution in [0.1, 0.15) is 5.82 Å². The Bertz CT molecular complexity index is 674. The van der Waals surface area contributed by atoms with Crippen LogP contribution in [-0.4, -0.2) is 26.1 Å². The van der Waals surface area contributed by atoms with Crippen LogP contribution in [0.5, 0.6) is 0 Å². The molecule has 0 atom stereocenters. The predicted octanol–water partition coefficient (Wildman–Crippen LogP) is 3.48. The SMILES string of the molecule is CSCc1nnc2sc(-c3ccc(Br)cc3)nn12. The van der Waals surface area contributed by atoms with E-state index in [-0.39, 0.29) is 0 Å². The van der Waals surface area contributed by atoms with Crippen molar-refractivity contribution in [3.8, 4) is 10.6 Å². The Hall–Kier alpha value is -0.920. The molecule has 0 aliphatic carbocycles. The lowest BCUT2D eigenvalue weighted by Crippen LogP contribution is -1.93. The summed E-state index contributed by atoms with van der Waals surface area (Å²) in [6.45, 7) is 0. The fraction of sp³-hybridized carbons (Fsp3) is 0.182. The van der Waals surface area contributed by atoms with Crippen molar-refractivity contribution in [2.75, 3.05) is 6.26 Å². The van der Waals surface area contributed by atoms with E-state index >= 15 is 0 Å². The number of halogens is 1. The molecule has 0 aliphatic heterocycles. The van der Waals surface area contributed by atoms with E-state index in [0.717, 1.165) is 31.6 Å². The summed E-state index contributed by atoms with van der Waals surface area (Å²) in [5.41, 5.74) is 1.10. The number of hydrogen-bond acceptors (Lipinski definition) is 5. The first-order chi connectivity index (χ1) is 8.78. The largest absolute Gasteiger partial charge is 0.235 e. The molecule has 0 spiro atoms. The molecular weight excluding hydrogens is 332 g/mol. The fourth-order valence-electron chi connectivity index (χ4n) is 1.59. The van der Waals surface area contributed by atoms with Crippen LogP contribution in [0, 0.1) is 0 Å². The molecule has 0 saturated heterocycles. The van der Waals surface area contributed by atoms with Gasteiger partial charge >= 0.3 is 0 Å². The summed E-state index contributed by atoms with van der Waals surface area (Å²) < 4.78 is 2.90. The molecule has 0 unspecified atom stereocenters. The maximum Gasteiger partial charge on any atom is 0.235 e. The van der Waals surface area contributed by atoms with Crippen LogP contribution >= 0.6 is 39.0 Å². The van der Waals surface area contributed by atoms with Crippen molar-refractivity contribution in [2.45, 2.75) is 5.75 Å². The monoisotopic (exact) mass is 340 g/mol. The quantitative estimate of drug-likeness (QED) is 0.732. The number of nitrogens with zero attached hydrogens (tertiary/aromatic N) is 4. The van der Waals surface area contributed by atoms with E-state index in [9.17, 15) is 0 Å². The Labute approximate surface area is 121 Å². The molecule has 2 heterocycles. The van der Waals surface area contributed by atoms with Gasteiger partial charge in [-0.15, -0.1) is 10.2 Å². The van der Waals surface area contributed by atoms with Crippen molar-refractivity contribution in [2.24, 2.45) is 0 Å². The Morgan fingerprint density at radius 1 is 1.28 bits per heavy atom. The van der Waals surface area contributed by atoms with Crippen molar-refractivity contribution in [1.29, 1.82) is 0 Å². The van der Waals surface area contributed by atoms with Gasteiger partial charge in [0, 0.05) is 10.0 Å². The molecule has 0 bridgehead atoms. The van der Waals surface area contributed by atoms with Crippen LogP contribution in [0.4, 0.5) is 0 Å². The molecule has 92 valence electrons. The smallest absolute Gasteiger partial charge is 0.186 e. The standard InChI is InChI=1S/C11H9BrN4S2/c1-17-6-9-13-14-11-16(9)15-10(18-11)7-2-4-8(12)5-3-7/h2-5H,6H2,1H3. The number of hydrogen-bond donors (Lipinski definition) is 0. The van der Waals surface area contributed by atoms with Gasteiger partial charge in [0.2, 0.25) is 4.96 Å². The average Bonchev–Trinajstić information content (AvgIpc) is 2.93. The summed E-state index contributed by atoms with van der Waals surface area (Å²) in [5.74, 6) is 1.72. The molecule has 2 aromatic heterocycles. The van der Waals surface area contributed by atoms with E-state index in [1.807, 2.05) is 35.0 Å². The first-order valence-electron chi connectivity index (χ1n) is 5.24. The molecule has 0 saturated carbocycles. The molecule has 0 fully saturated rings. The second kappa shape index (κ2) is 4.99. The third-order valence-electron chi connectivity index (χ3n) is 2.42. The van der Waals surface area contributed by atoms with E-state index in [1.54, 1.807) is 23.1 Å². The summed E-state index contributed by atoms with van der Waals surface area (Å²) in [7, 11) is 0. The highest BCUT2D eigenvalue weighted by molar-refractivity contribution is 9.10. The van der Waals surface area contributed by atoms with Gasteiger partial charge in [0.25, 0.3) is 0 Å². The second-order valence-corrected chi connectivity index (χ2v) is 6.40. The number of aromatic nitrogens is 4. The van der Waals surface area contributed by atoms with Gasteiger partial charge in [0.05, 0.1) is 5.75 Å². The topological polar surface area (TPSA) is 43.1 Å². The maximum atomic E-state index is 4.57. The number of rotatable bonds is 3. The molecular formula is C11H9BrN4S2. The third-order valence-corrected chi connectivity index (χ3v) is 4.44. The Morgan fingerprint density at radius 3 is 2.78 bits per heavy atom. The van der Waals surface area contributed by atoms with Gasteiger partial charge in [-0.25, -0.2) is 0 Å². The number of benzene rings is 1. The molecule has 18 heavy (non-hydrogen) atoms. The zero-order valence-electron chi connectivity index (χ0n) is 9.50. The zero-order chi connectivity index (χ0) is 12.5. The van der Waals surface area contributed by atoms with Crippen molar-refractivity contribution in [3.63, 3.8) is 0 Å². The van der Waals surface area contributed by atoms with Crippen molar-refractivity contribution < 1.29 is 0 Å². The predicted molar refractivity (Wildman–Crippen MR) is 79.0 cm³/mol. The third kappa shape index (κ3) is 2.17. The highest BCUT2D eigenvalue weighted by Crippen LogP contribution is 2.27. The van der Waals surface area contributed by atoms with Crippen LogP contribution in [-0.2, 0) is 5.75 Å². The number of thioether (sulfide) groups is 1. The lowest BCUT2D eigenvalue weighted by atomic mass is 10.2. The molecule has 0 aliphatic rings. The van der Waals surface area contributed by atoms with Gasteiger partial charge < -0.3 is 0 Å².